The van der Waals surface area contributed by atoms with Crippen LogP contribution in [0.15, 0.2) is 10.0 Å². The lowest BCUT2D eigenvalue weighted by molar-refractivity contribution is 0.0327. The number of nitrogens with zero attached hydrogens (tertiary/aromatic N) is 1. The number of thioether (sulfide) groups is 1. The van der Waals surface area contributed by atoms with Gasteiger partial charge in [0.25, 0.3) is 0 Å². The molecule has 80 valence electrons. The second-order valence-electron chi connectivity index (χ2n) is 3.83. The fraction of sp³-hybridized carbons (Fsp3) is 0.625. The van der Waals surface area contributed by atoms with Crippen molar-refractivity contribution in [2.24, 2.45) is 5.73 Å². The monoisotopic (exact) mass is 280 g/mol. The van der Waals surface area contributed by atoms with Gasteiger partial charge in [-0.15, -0.1) is 0 Å². The van der Waals surface area contributed by atoms with Crippen LogP contribution in [0.3, 0.4) is 0 Å². The van der Waals surface area contributed by atoms with Crippen LogP contribution in [0.1, 0.15) is 20.8 Å². The van der Waals surface area contributed by atoms with E-state index in [2.05, 4.69) is 15.9 Å². The molecule has 0 aromatic rings. The van der Waals surface area contributed by atoms with Crippen LogP contribution < -0.4 is 5.73 Å². The standard InChI is InChI=1S/C8H13BrN2O2S/c1-8(2,3)13-7(12)11-4-5(9)14-6(11)10/h4,6H,10H2,1-3H3. The van der Waals surface area contributed by atoms with Gasteiger partial charge in [0.1, 0.15) is 11.1 Å². The molecule has 1 amide bonds. The average molecular weight is 281 g/mol. The highest BCUT2D eigenvalue weighted by Crippen LogP contribution is 2.34. The summed E-state index contributed by atoms with van der Waals surface area (Å²) in [7, 11) is 0. The maximum Gasteiger partial charge on any atom is 0.416 e. The summed E-state index contributed by atoms with van der Waals surface area (Å²) in [4.78, 5) is 12.9. The summed E-state index contributed by atoms with van der Waals surface area (Å²) in [5.41, 5.74) is 4.80. The number of nitrogens with two attached hydrogens (primary N) is 1. The molecule has 4 nitrogen and oxygen atoms in total. The van der Waals surface area contributed by atoms with Gasteiger partial charge in [0.15, 0.2) is 0 Å². The zero-order valence-corrected chi connectivity index (χ0v) is 10.7. The topological polar surface area (TPSA) is 55.6 Å². The van der Waals surface area contributed by atoms with Crippen molar-refractivity contribution < 1.29 is 9.53 Å². The number of halogens is 1. The minimum absolute atomic E-state index is 0.403. The Labute approximate surface area is 96.0 Å². The summed E-state index contributed by atoms with van der Waals surface area (Å²) >= 11 is 4.63. The van der Waals surface area contributed by atoms with Crippen LogP contribution in [-0.4, -0.2) is 22.1 Å². The predicted molar refractivity (Wildman–Crippen MR) is 60.6 cm³/mol. The summed E-state index contributed by atoms with van der Waals surface area (Å²) in [6.07, 6.45) is 1.20. The van der Waals surface area contributed by atoms with Crippen molar-refractivity contribution in [2.75, 3.05) is 0 Å². The van der Waals surface area contributed by atoms with Crippen molar-refractivity contribution in [1.29, 1.82) is 0 Å². The first-order valence-corrected chi connectivity index (χ1v) is 5.78. The van der Waals surface area contributed by atoms with Crippen LogP contribution >= 0.6 is 27.7 Å². The normalized spacial score (nSPS) is 22.2. The number of amides is 1. The lowest BCUT2D eigenvalue weighted by Gasteiger charge is -2.25. The van der Waals surface area contributed by atoms with Gasteiger partial charge in [-0.05, 0) is 36.7 Å². The van der Waals surface area contributed by atoms with E-state index in [1.165, 1.54) is 16.7 Å². The van der Waals surface area contributed by atoms with Crippen LogP contribution in [-0.2, 0) is 4.74 Å². The Morgan fingerprint density at radius 2 is 2.29 bits per heavy atom. The van der Waals surface area contributed by atoms with Gasteiger partial charge in [-0.2, -0.15) is 0 Å². The molecule has 0 saturated heterocycles. The van der Waals surface area contributed by atoms with Gasteiger partial charge in [-0.1, -0.05) is 11.8 Å². The summed E-state index contributed by atoms with van der Waals surface area (Å²) in [6, 6.07) is 0. The second kappa shape index (κ2) is 4.12. The number of hydrogen-bond donors (Lipinski definition) is 1. The van der Waals surface area contributed by atoms with E-state index in [0.29, 0.717) is 0 Å². The Morgan fingerprint density at radius 1 is 1.71 bits per heavy atom. The average Bonchev–Trinajstić information content (AvgIpc) is 2.26. The highest BCUT2D eigenvalue weighted by molar-refractivity contribution is 9.14. The number of hydrogen-bond acceptors (Lipinski definition) is 4. The summed E-state index contributed by atoms with van der Waals surface area (Å²) in [5, 5.41) is 0. The molecule has 1 rings (SSSR count). The molecule has 0 aromatic carbocycles. The number of rotatable bonds is 0. The molecule has 0 aliphatic carbocycles. The molecular formula is C8H13BrN2O2S. The van der Waals surface area contributed by atoms with Gasteiger partial charge >= 0.3 is 6.09 Å². The van der Waals surface area contributed by atoms with Gasteiger partial charge in [0.2, 0.25) is 0 Å². The molecular weight excluding hydrogens is 268 g/mol. The molecule has 0 aromatic heterocycles. The summed E-state index contributed by atoms with van der Waals surface area (Å²) < 4.78 is 6.00. The Balaban J connectivity index is 2.62. The third kappa shape index (κ3) is 3.18. The second-order valence-corrected chi connectivity index (χ2v) is 6.37. The van der Waals surface area contributed by atoms with Crippen molar-refractivity contribution in [3.63, 3.8) is 0 Å². The summed E-state index contributed by atoms with van der Waals surface area (Å²) in [6.45, 7) is 5.45. The van der Waals surface area contributed by atoms with Crippen molar-refractivity contribution in [1.82, 2.24) is 4.90 Å². The molecule has 0 fully saturated rings. The van der Waals surface area contributed by atoms with E-state index in [0.717, 1.165) is 3.81 Å². The van der Waals surface area contributed by atoms with Gasteiger partial charge < -0.3 is 10.5 Å². The first kappa shape index (κ1) is 11.9. The summed E-state index contributed by atoms with van der Waals surface area (Å²) in [5.74, 6) is 0. The highest BCUT2D eigenvalue weighted by Gasteiger charge is 2.29. The Hall–Kier alpha value is -0.200. The maximum absolute atomic E-state index is 11.6. The van der Waals surface area contributed by atoms with Gasteiger partial charge in [-0.25, -0.2) is 4.79 Å². The Morgan fingerprint density at radius 3 is 2.64 bits per heavy atom. The van der Waals surface area contributed by atoms with Crippen LogP contribution in [0.2, 0.25) is 0 Å². The molecule has 14 heavy (non-hydrogen) atoms. The lowest BCUT2D eigenvalue weighted by atomic mass is 10.2. The van der Waals surface area contributed by atoms with Crippen LogP contribution in [0.25, 0.3) is 0 Å². The fourth-order valence-electron chi connectivity index (χ4n) is 0.857. The van der Waals surface area contributed by atoms with Crippen molar-refractivity contribution in [3.05, 3.63) is 10.0 Å². The molecule has 0 spiro atoms. The van der Waals surface area contributed by atoms with Crippen molar-refractivity contribution in [2.45, 2.75) is 31.9 Å². The van der Waals surface area contributed by atoms with E-state index in [-0.39, 0.29) is 0 Å². The third-order valence-corrected chi connectivity index (χ3v) is 2.92. The zero-order valence-electron chi connectivity index (χ0n) is 8.28. The molecule has 0 saturated carbocycles. The number of ether oxygens (including phenoxy) is 1. The smallest absolute Gasteiger partial charge is 0.416 e. The quantitative estimate of drug-likeness (QED) is 0.740. The van der Waals surface area contributed by atoms with Gasteiger partial charge in [0, 0.05) is 6.20 Å². The highest BCUT2D eigenvalue weighted by atomic mass is 79.9. The molecule has 1 heterocycles. The fourth-order valence-corrected chi connectivity index (χ4v) is 2.32. The minimum Gasteiger partial charge on any atom is -0.443 e. The molecule has 1 aliphatic heterocycles. The number of carbonyl (C=O) groups excluding carboxylic acids is 1. The van der Waals surface area contributed by atoms with E-state index in [4.69, 9.17) is 10.5 Å². The first-order valence-electron chi connectivity index (χ1n) is 4.10. The van der Waals surface area contributed by atoms with Crippen molar-refractivity contribution in [3.8, 4) is 0 Å². The maximum atomic E-state index is 11.6. The van der Waals surface area contributed by atoms with E-state index in [1.807, 2.05) is 20.8 Å². The number of carbonyl (C=O) groups is 1. The molecule has 0 bridgehead atoms. The Kier molecular flexibility index (Phi) is 3.49. The van der Waals surface area contributed by atoms with E-state index in [1.54, 1.807) is 6.20 Å². The zero-order chi connectivity index (χ0) is 10.9. The largest absolute Gasteiger partial charge is 0.443 e. The molecule has 1 atom stereocenters. The van der Waals surface area contributed by atoms with Gasteiger partial charge in [-0.3, -0.25) is 4.90 Å². The van der Waals surface area contributed by atoms with E-state index < -0.39 is 17.2 Å². The molecule has 1 aliphatic rings. The van der Waals surface area contributed by atoms with E-state index in [9.17, 15) is 4.79 Å². The molecule has 0 radical (unpaired) electrons. The predicted octanol–water partition coefficient (Wildman–Crippen LogP) is 2.41. The lowest BCUT2D eigenvalue weighted by Crippen LogP contribution is -2.40. The third-order valence-electron chi connectivity index (χ3n) is 1.35. The Bertz CT molecular complexity index is 275. The van der Waals surface area contributed by atoms with Crippen molar-refractivity contribution >= 4 is 33.8 Å². The molecule has 6 heteroatoms. The first-order chi connectivity index (χ1) is 6.29. The van der Waals surface area contributed by atoms with Crippen LogP contribution in [0.4, 0.5) is 4.79 Å². The van der Waals surface area contributed by atoms with Crippen LogP contribution in [0.5, 0.6) is 0 Å². The minimum atomic E-state index is -0.496. The molecule has 1 unspecified atom stereocenters. The van der Waals surface area contributed by atoms with Gasteiger partial charge in [0.05, 0.1) is 3.81 Å². The SMILES string of the molecule is CC(C)(C)OC(=O)N1C=C(Br)SC1N. The van der Waals surface area contributed by atoms with E-state index >= 15 is 0 Å². The molecule has 2 N–H and O–H groups in total. The van der Waals surface area contributed by atoms with Crippen LogP contribution in [0, 0.1) is 0 Å².